The van der Waals surface area contributed by atoms with Crippen LogP contribution in [0.25, 0.3) is 0 Å². The highest BCUT2D eigenvalue weighted by Crippen LogP contribution is 2.42. The van der Waals surface area contributed by atoms with Gasteiger partial charge in [-0.15, -0.1) is 0 Å². The monoisotopic (exact) mass is 441 g/mol. The van der Waals surface area contributed by atoms with Crippen molar-refractivity contribution in [2.75, 3.05) is 20.0 Å². The van der Waals surface area contributed by atoms with Gasteiger partial charge in [0.25, 0.3) is 0 Å². The molecule has 1 aromatic rings. The van der Waals surface area contributed by atoms with Gasteiger partial charge in [-0.25, -0.2) is 17.9 Å². The first-order valence-corrected chi connectivity index (χ1v) is 11.3. The molecular weight excluding hydrogens is 414 g/mol. The Bertz CT molecular complexity index is 981. The van der Waals surface area contributed by atoms with Crippen molar-refractivity contribution in [3.63, 3.8) is 0 Å². The van der Waals surface area contributed by atoms with E-state index < -0.39 is 28.0 Å². The average Bonchev–Trinajstić information content (AvgIpc) is 3.04. The average molecular weight is 442 g/mol. The maximum Gasteiger partial charge on any atom is 0.342 e. The van der Waals surface area contributed by atoms with Gasteiger partial charge in [-0.1, -0.05) is 11.6 Å². The summed E-state index contributed by atoms with van der Waals surface area (Å²) in [6, 6.07) is -1.07. The second-order valence-electron chi connectivity index (χ2n) is 7.07. The number of fused-ring (bicyclic) bond motifs is 1. The lowest BCUT2D eigenvalue weighted by molar-refractivity contribution is -0.145. The molecule has 166 valence electrons. The summed E-state index contributed by atoms with van der Waals surface area (Å²) in [5.41, 5.74) is 2.54. The fraction of sp³-hybridized carbons (Fsp3) is 0.500. The number of methoxy groups -OCH3 is 1. The number of ether oxygens (including phenoxy) is 3. The van der Waals surface area contributed by atoms with Crippen molar-refractivity contribution < 1.29 is 37.3 Å². The molecule has 30 heavy (non-hydrogen) atoms. The molecular formula is C20H27NO8S. The number of hydrogen-bond donors (Lipinski definition) is 2. The molecule has 1 unspecified atom stereocenters. The Morgan fingerprint density at radius 3 is 2.63 bits per heavy atom. The van der Waals surface area contributed by atoms with Gasteiger partial charge in [0.15, 0.2) is 0 Å². The number of allylic oxidation sites excluding steroid dienone is 1. The molecule has 1 heterocycles. The van der Waals surface area contributed by atoms with E-state index in [0.717, 1.165) is 6.26 Å². The van der Waals surface area contributed by atoms with E-state index in [1.54, 1.807) is 26.8 Å². The molecule has 0 radical (unpaired) electrons. The minimum absolute atomic E-state index is 0.0808. The van der Waals surface area contributed by atoms with Crippen molar-refractivity contribution in [2.24, 2.45) is 0 Å². The molecule has 10 heteroatoms. The van der Waals surface area contributed by atoms with Crippen molar-refractivity contribution in [3.05, 3.63) is 33.9 Å². The quantitative estimate of drug-likeness (QED) is 0.438. The maximum atomic E-state index is 12.1. The van der Waals surface area contributed by atoms with E-state index in [4.69, 9.17) is 14.2 Å². The lowest BCUT2D eigenvalue weighted by Gasteiger charge is -2.17. The van der Waals surface area contributed by atoms with E-state index in [-0.39, 0.29) is 37.4 Å². The standard InChI is InChI=1S/C20H27NO8S/c1-6-28-19(23)15(21-30(5,25)26)9-11(2)7-8-13-17(22)16-14(10-29-20(16)24)12(3)18(13)27-4/h7,15,21-22H,6,8-10H2,1-5H3. The Balaban J connectivity index is 2.32. The zero-order valence-electron chi connectivity index (χ0n) is 17.7. The van der Waals surface area contributed by atoms with Gasteiger partial charge in [-0.2, -0.15) is 0 Å². The SMILES string of the molecule is CCOC(=O)C(CC(C)=CCc1c(O)c2c(c(C)c1OC)COC2=O)NS(C)(=O)=O. The van der Waals surface area contributed by atoms with Gasteiger partial charge in [0.2, 0.25) is 10.0 Å². The van der Waals surface area contributed by atoms with E-state index in [9.17, 15) is 23.1 Å². The molecule has 9 nitrogen and oxygen atoms in total. The van der Waals surface area contributed by atoms with Gasteiger partial charge in [-0.3, -0.25) is 4.79 Å². The van der Waals surface area contributed by atoms with Crippen LogP contribution in [0.1, 0.15) is 47.3 Å². The minimum Gasteiger partial charge on any atom is -0.507 e. The fourth-order valence-electron chi connectivity index (χ4n) is 3.38. The van der Waals surface area contributed by atoms with E-state index in [2.05, 4.69) is 4.72 Å². The predicted octanol–water partition coefficient (Wildman–Crippen LogP) is 1.74. The van der Waals surface area contributed by atoms with E-state index >= 15 is 0 Å². The van der Waals surface area contributed by atoms with Crippen LogP contribution in [0.4, 0.5) is 0 Å². The number of carbonyl (C=O) groups excluding carboxylic acids is 2. The lowest BCUT2D eigenvalue weighted by atomic mass is 9.94. The second-order valence-corrected chi connectivity index (χ2v) is 8.85. The molecule has 0 fully saturated rings. The molecule has 0 amide bonds. The van der Waals surface area contributed by atoms with Crippen LogP contribution in [0, 0.1) is 6.92 Å². The third-order valence-corrected chi connectivity index (χ3v) is 5.47. The summed E-state index contributed by atoms with van der Waals surface area (Å²) in [5, 5.41) is 10.6. The van der Waals surface area contributed by atoms with Crippen molar-refractivity contribution in [1.29, 1.82) is 0 Å². The van der Waals surface area contributed by atoms with E-state index in [1.165, 1.54) is 7.11 Å². The molecule has 1 atom stereocenters. The maximum absolute atomic E-state index is 12.1. The Hall–Kier alpha value is -2.59. The van der Waals surface area contributed by atoms with Crippen LogP contribution in [0.3, 0.4) is 0 Å². The molecule has 0 saturated heterocycles. The molecule has 1 aromatic carbocycles. The topological polar surface area (TPSA) is 128 Å². The molecule has 0 aromatic heterocycles. The highest BCUT2D eigenvalue weighted by molar-refractivity contribution is 7.88. The van der Waals surface area contributed by atoms with Gasteiger partial charge >= 0.3 is 11.9 Å². The first kappa shape index (κ1) is 23.7. The van der Waals surface area contributed by atoms with Crippen LogP contribution in [0.15, 0.2) is 11.6 Å². The smallest absolute Gasteiger partial charge is 0.342 e. The van der Waals surface area contributed by atoms with Gasteiger partial charge in [0.1, 0.15) is 29.7 Å². The summed E-state index contributed by atoms with van der Waals surface area (Å²) in [7, 11) is -2.15. The van der Waals surface area contributed by atoms with Crippen molar-refractivity contribution in [3.8, 4) is 11.5 Å². The zero-order valence-corrected chi connectivity index (χ0v) is 18.5. The molecule has 2 N–H and O–H groups in total. The summed E-state index contributed by atoms with van der Waals surface area (Å²) >= 11 is 0. The van der Waals surface area contributed by atoms with Gasteiger partial charge in [0, 0.05) is 11.1 Å². The lowest BCUT2D eigenvalue weighted by Crippen LogP contribution is -2.41. The van der Waals surface area contributed by atoms with Crippen LogP contribution < -0.4 is 9.46 Å². The number of aromatic hydroxyl groups is 1. The number of cyclic esters (lactones) is 1. The number of benzene rings is 1. The highest BCUT2D eigenvalue weighted by atomic mass is 32.2. The Kier molecular flexibility index (Phi) is 7.49. The zero-order chi connectivity index (χ0) is 22.6. The predicted molar refractivity (Wildman–Crippen MR) is 109 cm³/mol. The summed E-state index contributed by atoms with van der Waals surface area (Å²) in [6.45, 7) is 5.35. The number of nitrogens with one attached hydrogen (secondary N) is 1. The van der Waals surface area contributed by atoms with Crippen molar-refractivity contribution in [1.82, 2.24) is 4.72 Å². The minimum atomic E-state index is -3.62. The molecule has 0 spiro atoms. The van der Waals surface area contributed by atoms with Gasteiger partial charge in [-0.05, 0) is 39.2 Å². The third kappa shape index (κ3) is 5.31. The summed E-state index contributed by atoms with van der Waals surface area (Å²) in [4.78, 5) is 24.1. The molecule has 0 bridgehead atoms. The van der Waals surface area contributed by atoms with Crippen molar-refractivity contribution in [2.45, 2.75) is 46.3 Å². The van der Waals surface area contributed by atoms with Crippen LogP contribution in [0.5, 0.6) is 11.5 Å². The third-order valence-electron chi connectivity index (χ3n) is 4.76. The van der Waals surface area contributed by atoms with Crippen LogP contribution >= 0.6 is 0 Å². The van der Waals surface area contributed by atoms with Crippen LogP contribution in [-0.4, -0.2) is 51.5 Å². The number of esters is 2. The molecule has 0 saturated carbocycles. The number of phenolic OH excluding ortho intramolecular Hbond substituents is 1. The van der Waals surface area contributed by atoms with Crippen molar-refractivity contribution >= 4 is 22.0 Å². The first-order valence-electron chi connectivity index (χ1n) is 9.38. The second kappa shape index (κ2) is 9.48. The number of rotatable bonds is 9. The highest BCUT2D eigenvalue weighted by Gasteiger charge is 2.32. The number of sulfonamides is 1. The van der Waals surface area contributed by atoms with Gasteiger partial charge < -0.3 is 19.3 Å². The molecule has 1 aliphatic rings. The van der Waals surface area contributed by atoms with Crippen LogP contribution in [0.2, 0.25) is 0 Å². The fourth-order valence-corrected chi connectivity index (χ4v) is 4.08. The molecule has 1 aliphatic heterocycles. The summed E-state index contributed by atoms with van der Waals surface area (Å²) < 4.78 is 40.9. The summed E-state index contributed by atoms with van der Waals surface area (Å²) in [5.74, 6) is -1.01. The first-order chi connectivity index (χ1) is 14.0. The van der Waals surface area contributed by atoms with E-state index in [1.807, 2.05) is 0 Å². The van der Waals surface area contributed by atoms with Crippen LogP contribution in [-0.2, 0) is 37.3 Å². The Morgan fingerprint density at radius 1 is 1.40 bits per heavy atom. The largest absolute Gasteiger partial charge is 0.507 e. The Labute approximate surface area is 176 Å². The van der Waals surface area contributed by atoms with E-state index in [0.29, 0.717) is 28.0 Å². The Morgan fingerprint density at radius 2 is 2.07 bits per heavy atom. The number of phenols is 1. The van der Waals surface area contributed by atoms with Gasteiger partial charge in [0.05, 0.1) is 20.0 Å². The number of hydrogen-bond acceptors (Lipinski definition) is 8. The number of carbonyl (C=O) groups is 2. The molecule has 0 aliphatic carbocycles. The summed E-state index contributed by atoms with van der Waals surface area (Å²) in [6.07, 6.45) is 2.99. The normalized spacial score (nSPS) is 14.8. The molecule has 2 rings (SSSR count).